The highest BCUT2D eigenvalue weighted by Crippen LogP contribution is 2.81. The molecule has 9 atom stereocenters. The summed E-state index contributed by atoms with van der Waals surface area (Å²) in [6.07, 6.45) is 9.75. The van der Waals surface area contributed by atoms with Crippen LogP contribution in [0.5, 0.6) is 0 Å². The van der Waals surface area contributed by atoms with E-state index in [9.17, 15) is 15.0 Å². The minimum absolute atomic E-state index is 0.0148. The van der Waals surface area contributed by atoms with Crippen LogP contribution in [0.1, 0.15) is 65.2 Å². The van der Waals surface area contributed by atoms with Gasteiger partial charge < -0.3 is 14.9 Å². The Kier molecular flexibility index (Phi) is 3.10. The molecule has 4 heteroatoms. The van der Waals surface area contributed by atoms with Crippen molar-refractivity contribution in [2.24, 2.45) is 34.5 Å². The van der Waals surface area contributed by atoms with Gasteiger partial charge in [-0.1, -0.05) is 25.8 Å². The highest BCUT2D eigenvalue weighted by Gasteiger charge is 2.84. The molecule has 0 aromatic heterocycles. The van der Waals surface area contributed by atoms with Crippen LogP contribution in [0.2, 0.25) is 0 Å². The molecule has 6 rings (SSSR count). The van der Waals surface area contributed by atoms with Gasteiger partial charge in [0.1, 0.15) is 11.2 Å². The molecule has 0 aromatic rings. The second-order valence-electron chi connectivity index (χ2n) is 11.1. The first-order chi connectivity index (χ1) is 12.8. The highest BCUT2D eigenvalue weighted by atomic mass is 16.6. The molecule has 0 bridgehead atoms. The lowest BCUT2D eigenvalue weighted by atomic mass is 9.46. The quantitative estimate of drug-likeness (QED) is 0.747. The summed E-state index contributed by atoms with van der Waals surface area (Å²) < 4.78 is 6.66. The topological polar surface area (TPSA) is 70.1 Å². The molecule has 4 nitrogen and oxygen atoms in total. The average molecular weight is 373 g/mol. The van der Waals surface area contributed by atoms with Gasteiger partial charge in [-0.25, -0.2) is 0 Å². The Morgan fingerprint density at radius 1 is 1.33 bits per heavy atom. The van der Waals surface area contributed by atoms with Crippen molar-refractivity contribution >= 4 is 5.78 Å². The van der Waals surface area contributed by atoms with Crippen molar-refractivity contribution in [1.82, 2.24) is 0 Å². The van der Waals surface area contributed by atoms with Crippen LogP contribution in [0.15, 0.2) is 11.6 Å². The lowest BCUT2D eigenvalue weighted by Gasteiger charge is -2.56. The number of ketones is 1. The summed E-state index contributed by atoms with van der Waals surface area (Å²) in [5.41, 5.74) is -0.0142. The fourth-order valence-electron chi connectivity index (χ4n) is 8.65. The molecule has 5 aliphatic carbocycles. The van der Waals surface area contributed by atoms with Crippen molar-refractivity contribution < 1.29 is 19.7 Å². The number of carbonyl (C=O) groups is 1. The summed E-state index contributed by atoms with van der Waals surface area (Å²) in [6, 6.07) is 0. The Morgan fingerprint density at radius 3 is 2.93 bits per heavy atom. The zero-order chi connectivity index (χ0) is 18.8. The average Bonchev–Trinajstić information content (AvgIpc) is 3.49. The van der Waals surface area contributed by atoms with Crippen LogP contribution in [0.25, 0.3) is 0 Å². The van der Waals surface area contributed by atoms with Gasteiger partial charge in [-0.05, 0) is 80.1 Å². The number of hydrogen-bond donors (Lipinski definition) is 2. The van der Waals surface area contributed by atoms with Gasteiger partial charge in [-0.2, -0.15) is 0 Å². The molecule has 0 aromatic carbocycles. The SMILES string of the molecule is C[C@@]12CCC[C@H]1[C@@H]1[C@H]3C[C@H]3C3=CC(=O)C(O)(CCCO)C[C@]3(C)[C@]13O[C@@H]3C2. The molecule has 6 aliphatic rings. The minimum atomic E-state index is -1.34. The molecule has 1 aliphatic heterocycles. The second kappa shape index (κ2) is 4.88. The molecular weight excluding hydrogens is 340 g/mol. The molecular formula is C23H32O4. The van der Waals surface area contributed by atoms with Gasteiger partial charge >= 0.3 is 0 Å². The van der Waals surface area contributed by atoms with Gasteiger partial charge in [0.05, 0.1) is 6.10 Å². The Labute approximate surface area is 161 Å². The van der Waals surface area contributed by atoms with Gasteiger partial charge in [0.25, 0.3) is 0 Å². The number of aliphatic hydroxyl groups excluding tert-OH is 1. The normalized spacial score (nSPS) is 59.8. The van der Waals surface area contributed by atoms with E-state index in [1.54, 1.807) is 6.08 Å². The first kappa shape index (κ1) is 17.2. The van der Waals surface area contributed by atoms with Crippen LogP contribution in [0.3, 0.4) is 0 Å². The smallest absolute Gasteiger partial charge is 0.187 e. The number of aliphatic hydroxyl groups is 2. The molecule has 1 saturated heterocycles. The van der Waals surface area contributed by atoms with Crippen LogP contribution in [0, 0.1) is 34.5 Å². The summed E-state index contributed by atoms with van der Waals surface area (Å²) in [5.74, 6) is 2.43. The zero-order valence-corrected chi connectivity index (χ0v) is 16.5. The molecule has 1 heterocycles. The van der Waals surface area contributed by atoms with Crippen LogP contribution >= 0.6 is 0 Å². The lowest BCUT2D eigenvalue weighted by molar-refractivity contribution is -0.143. The number of ether oxygens (including phenoxy) is 1. The summed E-state index contributed by atoms with van der Waals surface area (Å²) in [6.45, 7) is 4.79. The molecule has 1 spiro atoms. The lowest BCUT2D eigenvalue weighted by Crippen LogP contribution is -2.61. The number of carbonyl (C=O) groups excluding carboxylic acids is 1. The molecule has 0 amide bonds. The minimum Gasteiger partial charge on any atom is -0.396 e. The number of fused-ring (bicyclic) bond motifs is 6. The number of hydrogen-bond acceptors (Lipinski definition) is 4. The van der Waals surface area contributed by atoms with Crippen molar-refractivity contribution in [1.29, 1.82) is 0 Å². The summed E-state index contributed by atoms with van der Waals surface area (Å²) in [4.78, 5) is 12.8. The van der Waals surface area contributed by atoms with E-state index in [2.05, 4.69) is 13.8 Å². The van der Waals surface area contributed by atoms with E-state index in [1.165, 1.54) is 31.3 Å². The van der Waals surface area contributed by atoms with E-state index < -0.39 is 5.60 Å². The molecule has 27 heavy (non-hydrogen) atoms. The second-order valence-corrected chi connectivity index (χ2v) is 11.1. The zero-order valence-electron chi connectivity index (χ0n) is 16.5. The van der Waals surface area contributed by atoms with E-state index >= 15 is 0 Å². The van der Waals surface area contributed by atoms with Crippen molar-refractivity contribution in [3.8, 4) is 0 Å². The van der Waals surface area contributed by atoms with Crippen LogP contribution < -0.4 is 0 Å². The number of rotatable bonds is 3. The summed E-state index contributed by atoms with van der Waals surface area (Å²) >= 11 is 0. The third-order valence-corrected chi connectivity index (χ3v) is 9.84. The molecule has 1 unspecified atom stereocenters. The Hall–Kier alpha value is -0.710. The first-order valence-electron chi connectivity index (χ1n) is 11.1. The van der Waals surface area contributed by atoms with E-state index in [-0.39, 0.29) is 23.4 Å². The largest absolute Gasteiger partial charge is 0.396 e. The molecule has 5 fully saturated rings. The molecule has 4 saturated carbocycles. The molecule has 148 valence electrons. The maximum atomic E-state index is 12.8. The van der Waals surface area contributed by atoms with Gasteiger partial charge in [0.2, 0.25) is 0 Å². The maximum Gasteiger partial charge on any atom is 0.187 e. The molecule has 0 radical (unpaired) electrons. The van der Waals surface area contributed by atoms with Crippen molar-refractivity contribution in [2.75, 3.05) is 6.61 Å². The monoisotopic (exact) mass is 372 g/mol. The maximum absolute atomic E-state index is 12.8. The van der Waals surface area contributed by atoms with Crippen molar-refractivity contribution in [3.63, 3.8) is 0 Å². The van der Waals surface area contributed by atoms with E-state index in [1.807, 2.05) is 0 Å². The predicted octanol–water partition coefficient (Wildman–Crippen LogP) is 3.01. The van der Waals surface area contributed by atoms with E-state index in [0.717, 1.165) is 12.3 Å². The fourth-order valence-corrected chi connectivity index (χ4v) is 8.65. The van der Waals surface area contributed by atoms with Gasteiger partial charge in [-0.15, -0.1) is 0 Å². The Bertz CT molecular complexity index is 759. The predicted molar refractivity (Wildman–Crippen MR) is 99.8 cm³/mol. The van der Waals surface area contributed by atoms with Crippen LogP contribution in [-0.4, -0.2) is 39.9 Å². The third kappa shape index (κ3) is 1.84. The Balaban J connectivity index is 1.45. The van der Waals surface area contributed by atoms with E-state index in [0.29, 0.717) is 48.5 Å². The van der Waals surface area contributed by atoms with Gasteiger partial charge in [-0.3, -0.25) is 4.79 Å². The summed E-state index contributed by atoms with van der Waals surface area (Å²) in [5, 5.41) is 20.5. The van der Waals surface area contributed by atoms with Crippen LogP contribution in [-0.2, 0) is 9.53 Å². The van der Waals surface area contributed by atoms with Gasteiger partial charge in [0.15, 0.2) is 5.78 Å². The van der Waals surface area contributed by atoms with E-state index in [4.69, 9.17) is 4.74 Å². The van der Waals surface area contributed by atoms with Crippen LogP contribution in [0.4, 0.5) is 0 Å². The van der Waals surface area contributed by atoms with Gasteiger partial charge in [0, 0.05) is 12.0 Å². The fraction of sp³-hybridized carbons (Fsp3) is 0.870. The highest BCUT2D eigenvalue weighted by molar-refractivity contribution is 5.99. The third-order valence-electron chi connectivity index (χ3n) is 9.84. The summed E-state index contributed by atoms with van der Waals surface area (Å²) in [7, 11) is 0. The van der Waals surface area contributed by atoms with Crippen molar-refractivity contribution in [3.05, 3.63) is 11.6 Å². The van der Waals surface area contributed by atoms with Crippen molar-refractivity contribution in [2.45, 2.75) is 82.5 Å². The standard InChI is InChI=1S/C23H32O4/c1-20-6-3-5-15(20)19-14-9-13(14)16-10-17(25)22(26,7-4-8-24)12-21(16,2)23(19)18(11-20)27-23/h10,13-15,18-19,24,26H,3-9,11-12H2,1-2H3/t13-,14+,15+,18-,19+,20+,21+,22?,23-/m1/s1. The first-order valence-corrected chi connectivity index (χ1v) is 11.1. The number of epoxide rings is 1. The molecule has 2 N–H and O–H groups in total. The Morgan fingerprint density at radius 2 is 2.15 bits per heavy atom.